The van der Waals surface area contributed by atoms with Crippen molar-refractivity contribution in [2.24, 2.45) is 5.73 Å². The molecule has 1 aromatic rings. The minimum atomic E-state index is -0.967. The summed E-state index contributed by atoms with van der Waals surface area (Å²) in [4.78, 5) is 34.7. The van der Waals surface area contributed by atoms with Crippen molar-refractivity contribution in [3.63, 3.8) is 0 Å². The van der Waals surface area contributed by atoms with E-state index in [1.54, 1.807) is 6.07 Å². The van der Waals surface area contributed by atoms with Crippen LogP contribution in [0, 0.1) is 0 Å². The highest BCUT2D eigenvalue weighted by atomic mass is 32.1. The zero-order valence-corrected chi connectivity index (χ0v) is 10.3. The average Bonchev–Trinajstić information content (AvgIpc) is 2.84. The Balaban J connectivity index is 1.88. The molecule has 0 bridgehead atoms. The third kappa shape index (κ3) is 2.86. The second-order valence-electron chi connectivity index (χ2n) is 3.90. The first-order valence-electron chi connectivity index (χ1n) is 5.44. The zero-order chi connectivity index (χ0) is 13.1. The van der Waals surface area contributed by atoms with Crippen LogP contribution in [0.25, 0.3) is 0 Å². The topological polar surface area (TPSA) is 98.5 Å². The number of urea groups is 1. The highest BCUT2D eigenvalue weighted by Gasteiger charge is 2.19. The van der Waals surface area contributed by atoms with E-state index in [4.69, 9.17) is 10.5 Å². The van der Waals surface area contributed by atoms with Crippen LogP contribution in [-0.4, -0.2) is 24.5 Å². The highest BCUT2D eigenvalue weighted by molar-refractivity contribution is 7.14. The number of imide groups is 1. The Morgan fingerprint density at radius 1 is 1.39 bits per heavy atom. The van der Waals surface area contributed by atoms with Crippen molar-refractivity contribution >= 4 is 29.2 Å². The SMILES string of the molecule is NC(=O)NC(=O)COC(=O)c1cc2c(s1)CCC2. The van der Waals surface area contributed by atoms with Crippen molar-refractivity contribution in [3.8, 4) is 0 Å². The zero-order valence-electron chi connectivity index (χ0n) is 9.52. The van der Waals surface area contributed by atoms with Crippen LogP contribution < -0.4 is 11.1 Å². The Morgan fingerprint density at radius 2 is 2.17 bits per heavy atom. The van der Waals surface area contributed by atoms with Gasteiger partial charge in [0.2, 0.25) is 0 Å². The molecule has 0 atom stereocenters. The van der Waals surface area contributed by atoms with Gasteiger partial charge in [0, 0.05) is 4.88 Å². The van der Waals surface area contributed by atoms with Gasteiger partial charge < -0.3 is 10.5 Å². The molecule has 0 aliphatic heterocycles. The van der Waals surface area contributed by atoms with Gasteiger partial charge in [-0.1, -0.05) is 0 Å². The van der Waals surface area contributed by atoms with Gasteiger partial charge in [0.1, 0.15) is 4.88 Å². The number of primary amides is 1. The number of fused-ring (bicyclic) bond motifs is 1. The van der Waals surface area contributed by atoms with Gasteiger partial charge in [-0.15, -0.1) is 11.3 Å². The Kier molecular flexibility index (Phi) is 3.61. The number of amides is 3. The summed E-state index contributed by atoms with van der Waals surface area (Å²) in [6.45, 7) is -0.510. The molecule has 18 heavy (non-hydrogen) atoms. The van der Waals surface area contributed by atoms with E-state index in [1.165, 1.54) is 21.8 Å². The van der Waals surface area contributed by atoms with Crippen LogP contribution in [0.15, 0.2) is 6.07 Å². The average molecular weight is 268 g/mol. The van der Waals surface area contributed by atoms with Crippen LogP contribution in [0.4, 0.5) is 4.79 Å². The molecule has 0 saturated carbocycles. The number of carbonyl (C=O) groups excluding carboxylic acids is 3. The molecule has 0 radical (unpaired) electrons. The Bertz CT molecular complexity index is 488. The summed E-state index contributed by atoms with van der Waals surface area (Å²) >= 11 is 1.40. The number of esters is 1. The van der Waals surface area contributed by atoms with E-state index in [0.717, 1.165) is 19.3 Å². The molecular weight excluding hydrogens is 256 g/mol. The highest BCUT2D eigenvalue weighted by Crippen LogP contribution is 2.30. The summed E-state index contributed by atoms with van der Waals surface area (Å²) in [7, 11) is 0. The minimum Gasteiger partial charge on any atom is -0.451 e. The van der Waals surface area contributed by atoms with Crippen molar-refractivity contribution in [2.75, 3.05) is 6.61 Å². The van der Waals surface area contributed by atoms with Crippen molar-refractivity contribution in [3.05, 3.63) is 21.4 Å². The molecule has 2 rings (SSSR count). The molecule has 3 N–H and O–H groups in total. The summed E-state index contributed by atoms with van der Waals surface area (Å²) in [6, 6.07) is 0.840. The van der Waals surface area contributed by atoms with Gasteiger partial charge in [0.15, 0.2) is 6.61 Å². The molecule has 0 unspecified atom stereocenters. The van der Waals surface area contributed by atoms with Crippen LogP contribution >= 0.6 is 11.3 Å². The maximum absolute atomic E-state index is 11.6. The largest absolute Gasteiger partial charge is 0.451 e. The molecule has 96 valence electrons. The van der Waals surface area contributed by atoms with Gasteiger partial charge in [0.25, 0.3) is 5.91 Å². The number of carbonyl (C=O) groups is 3. The molecular formula is C11H12N2O4S. The number of ether oxygens (including phenoxy) is 1. The maximum Gasteiger partial charge on any atom is 0.348 e. The fraction of sp³-hybridized carbons (Fsp3) is 0.364. The van der Waals surface area contributed by atoms with E-state index in [-0.39, 0.29) is 0 Å². The molecule has 1 aliphatic rings. The Labute approximate surface area is 107 Å². The van der Waals surface area contributed by atoms with E-state index in [9.17, 15) is 14.4 Å². The number of thiophene rings is 1. The molecule has 1 heterocycles. The molecule has 0 saturated heterocycles. The first-order valence-corrected chi connectivity index (χ1v) is 6.26. The van der Waals surface area contributed by atoms with Gasteiger partial charge in [-0.25, -0.2) is 9.59 Å². The molecule has 7 heteroatoms. The normalized spacial score (nSPS) is 12.9. The van der Waals surface area contributed by atoms with Crippen molar-refractivity contribution in [2.45, 2.75) is 19.3 Å². The van der Waals surface area contributed by atoms with Gasteiger partial charge >= 0.3 is 12.0 Å². The second kappa shape index (κ2) is 5.18. The summed E-state index contributed by atoms with van der Waals surface area (Å²) in [5.41, 5.74) is 5.94. The van der Waals surface area contributed by atoms with Gasteiger partial charge in [-0.05, 0) is 30.9 Å². The summed E-state index contributed by atoms with van der Waals surface area (Å²) in [5, 5.41) is 1.81. The van der Waals surface area contributed by atoms with Gasteiger partial charge in [-0.2, -0.15) is 0 Å². The summed E-state index contributed by atoms with van der Waals surface area (Å²) in [6.07, 6.45) is 3.11. The quantitative estimate of drug-likeness (QED) is 0.784. The van der Waals surface area contributed by atoms with Crippen LogP contribution in [0.5, 0.6) is 0 Å². The van der Waals surface area contributed by atoms with E-state index in [2.05, 4.69) is 0 Å². The number of nitrogens with one attached hydrogen (secondary N) is 1. The van der Waals surface area contributed by atoms with E-state index in [0.29, 0.717) is 4.88 Å². The van der Waals surface area contributed by atoms with E-state index >= 15 is 0 Å². The summed E-state index contributed by atoms with van der Waals surface area (Å²) in [5.74, 6) is -1.28. The lowest BCUT2D eigenvalue weighted by Gasteiger charge is -2.02. The molecule has 3 amide bonds. The lowest BCUT2D eigenvalue weighted by atomic mass is 10.2. The fourth-order valence-electron chi connectivity index (χ4n) is 1.81. The van der Waals surface area contributed by atoms with Crippen molar-refractivity contribution < 1.29 is 19.1 Å². The minimum absolute atomic E-state index is 0.492. The number of hydrogen-bond donors (Lipinski definition) is 2. The van der Waals surface area contributed by atoms with Crippen molar-refractivity contribution in [1.82, 2.24) is 5.32 Å². The summed E-state index contributed by atoms with van der Waals surface area (Å²) < 4.78 is 4.78. The molecule has 0 spiro atoms. The fourth-order valence-corrected chi connectivity index (χ4v) is 2.95. The van der Waals surface area contributed by atoms with E-state index < -0.39 is 24.5 Å². The first kappa shape index (κ1) is 12.6. The van der Waals surface area contributed by atoms with Crippen LogP contribution in [0.3, 0.4) is 0 Å². The number of hydrogen-bond acceptors (Lipinski definition) is 5. The Hall–Kier alpha value is -1.89. The molecule has 1 aromatic heterocycles. The number of rotatable bonds is 3. The Morgan fingerprint density at radius 3 is 2.83 bits per heavy atom. The van der Waals surface area contributed by atoms with Gasteiger partial charge in [0.05, 0.1) is 0 Å². The van der Waals surface area contributed by atoms with Gasteiger partial charge in [-0.3, -0.25) is 10.1 Å². The smallest absolute Gasteiger partial charge is 0.348 e. The standard InChI is InChI=1S/C11H12N2O4S/c12-11(16)13-9(14)5-17-10(15)8-4-6-2-1-3-7(6)18-8/h4H,1-3,5H2,(H3,12,13,14,16). The first-order chi connectivity index (χ1) is 8.56. The number of nitrogens with two attached hydrogens (primary N) is 1. The molecule has 6 nitrogen and oxygen atoms in total. The van der Waals surface area contributed by atoms with Crippen molar-refractivity contribution in [1.29, 1.82) is 0 Å². The lowest BCUT2D eigenvalue weighted by Crippen LogP contribution is -2.37. The van der Waals surface area contributed by atoms with E-state index in [1.807, 2.05) is 5.32 Å². The predicted octanol–water partition coefficient (Wildman–Crippen LogP) is 0.589. The number of aryl methyl sites for hydroxylation is 2. The molecule has 1 aliphatic carbocycles. The van der Waals surface area contributed by atoms with Crippen LogP contribution in [0.2, 0.25) is 0 Å². The predicted molar refractivity (Wildman–Crippen MR) is 64.4 cm³/mol. The lowest BCUT2D eigenvalue weighted by molar-refractivity contribution is -0.123. The maximum atomic E-state index is 11.6. The molecule has 0 fully saturated rings. The third-order valence-corrected chi connectivity index (χ3v) is 3.76. The third-order valence-electron chi connectivity index (χ3n) is 2.54. The monoisotopic (exact) mass is 268 g/mol. The second-order valence-corrected chi connectivity index (χ2v) is 5.04. The van der Waals surface area contributed by atoms with Crippen LogP contribution in [-0.2, 0) is 22.4 Å². The molecule has 0 aromatic carbocycles. The van der Waals surface area contributed by atoms with Crippen LogP contribution in [0.1, 0.15) is 26.5 Å².